The van der Waals surface area contributed by atoms with Crippen molar-refractivity contribution < 1.29 is 4.79 Å². The first-order valence-electron chi connectivity index (χ1n) is 10.1. The molecule has 27 heavy (non-hydrogen) atoms. The second kappa shape index (κ2) is 8.71. The van der Waals surface area contributed by atoms with E-state index in [1.165, 1.54) is 27.8 Å². The summed E-state index contributed by atoms with van der Waals surface area (Å²) in [6, 6.07) is 15.7. The van der Waals surface area contributed by atoms with Crippen LogP contribution in [0.1, 0.15) is 47.6 Å². The van der Waals surface area contributed by atoms with Crippen LogP contribution in [-0.4, -0.2) is 29.4 Å². The molecule has 2 aromatic carbocycles. The second-order valence-corrected chi connectivity index (χ2v) is 7.96. The van der Waals surface area contributed by atoms with Gasteiger partial charge in [-0.15, -0.1) is 0 Å². The van der Waals surface area contributed by atoms with Crippen LogP contribution in [0.5, 0.6) is 0 Å². The molecule has 1 saturated heterocycles. The van der Waals surface area contributed by atoms with Gasteiger partial charge in [-0.25, -0.2) is 0 Å². The van der Waals surface area contributed by atoms with Crippen LogP contribution in [0.15, 0.2) is 42.5 Å². The summed E-state index contributed by atoms with van der Waals surface area (Å²) in [7, 11) is 0. The van der Waals surface area contributed by atoms with Crippen LogP contribution in [0, 0.1) is 20.8 Å². The summed E-state index contributed by atoms with van der Waals surface area (Å²) in [5, 5.41) is 3.78. The zero-order valence-corrected chi connectivity index (χ0v) is 17.1. The van der Waals surface area contributed by atoms with Gasteiger partial charge in [-0.3, -0.25) is 4.79 Å². The molecule has 1 fully saturated rings. The Labute approximate surface area is 163 Å². The molecule has 0 aliphatic carbocycles. The van der Waals surface area contributed by atoms with Gasteiger partial charge in [-0.1, -0.05) is 48.0 Å². The molecule has 144 valence electrons. The first-order chi connectivity index (χ1) is 13.0. The Hall–Kier alpha value is -2.13. The molecule has 2 atom stereocenters. The molecule has 0 bridgehead atoms. The number of hydrogen-bond donors (Lipinski definition) is 1. The van der Waals surface area contributed by atoms with E-state index in [1.54, 1.807) is 6.92 Å². The normalized spacial score (nSPS) is 19.9. The lowest BCUT2D eigenvalue weighted by Gasteiger charge is -2.42. The van der Waals surface area contributed by atoms with Gasteiger partial charge in [0.15, 0.2) is 0 Å². The van der Waals surface area contributed by atoms with Crippen LogP contribution in [0.2, 0.25) is 0 Å². The summed E-state index contributed by atoms with van der Waals surface area (Å²) in [6.07, 6.45) is 3.09. The minimum Gasteiger partial charge on any atom is -0.338 e. The number of hydrogen-bond acceptors (Lipinski definition) is 2. The lowest BCUT2D eigenvalue weighted by atomic mass is 9.90. The minimum atomic E-state index is 0.186. The molecule has 3 rings (SSSR count). The summed E-state index contributed by atoms with van der Waals surface area (Å²) in [5.41, 5.74) is 6.63. The summed E-state index contributed by atoms with van der Waals surface area (Å²) in [5.74, 6) is 0.186. The lowest BCUT2D eigenvalue weighted by Crippen LogP contribution is -2.56. The molecule has 3 nitrogen and oxygen atoms in total. The second-order valence-electron chi connectivity index (χ2n) is 7.96. The molecule has 2 aromatic rings. The molecule has 1 heterocycles. The molecular formula is C24H32N2O. The van der Waals surface area contributed by atoms with E-state index in [2.05, 4.69) is 73.5 Å². The first-order valence-corrected chi connectivity index (χ1v) is 10.1. The van der Waals surface area contributed by atoms with E-state index < -0.39 is 0 Å². The van der Waals surface area contributed by atoms with Crippen LogP contribution in [-0.2, 0) is 17.8 Å². The monoisotopic (exact) mass is 364 g/mol. The number of nitrogens with one attached hydrogen (secondary N) is 1. The lowest BCUT2D eigenvalue weighted by molar-refractivity contribution is -0.133. The van der Waals surface area contributed by atoms with E-state index in [9.17, 15) is 4.79 Å². The maximum absolute atomic E-state index is 12.3. The van der Waals surface area contributed by atoms with Crippen molar-refractivity contribution in [2.24, 2.45) is 0 Å². The number of amides is 1. The molecule has 0 saturated carbocycles. The molecule has 0 aromatic heterocycles. The number of carbonyl (C=O) groups is 1. The van der Waals surface area contributed by atoms with Crippen molar-refractivity contribution in [2.75, 3.05) is 6.54 Å². The van der Waals surface area contributed by atoms with Crippen LogP contribution in [0.3, 0.4) is 0 Å². The maximum Gasteiger partial charge on any atom is 0.219 e. The highest BCUT2D eigenvalue weighted by Gasteiger charge is 2.32. The van der Waals surface area contributed by atoms with Crippen molar-refractivity contribution in [3.8, 4) is 0 Å². The standard InChI is InChI=1S/C24H32N2O/c1-17-8-5-10-21(14-17)15-24-23(12-7-13-26(24)20(4)27)25-16-22-11-6-9-18(2)19(22)3/h5-6,8-11,14,23-25H,7,12-13,15-16H2,1-4H3/t23-,24-/m0/s1. The summed E-state index contributed by atoms with van der Waals surface area (Å²) >= 11 is 0. The largest absolute Gasteiger partial charge is 0.338 e. The van der Waals surface area contributed by atoms with Gasteiger partial charge in [-0.2, -0.15) is 0 Å². The van der Waals surface area contributed by atoms with Crippen LogP contribution in [0.4, 0.5) is 0 Å². The van der Waals surface area contributed by atoms with Gasteiger partial charge in [-0.05, 0) is 62.3 Å². The van der Waals surface area contributed by atoms with Crippen LogP contribution < -0.4 is 5.32 Å². The average molecular weight is 365 g/mol. The van der Waals surface area contributed by atoms with E-state index in [0.717, 1.165) is 32.4 Å². The molecule has 3 heteroatoms. The molecule has 1 aliphatic heterocycles. The summed E-state index contributed by atoms with van der Waals surface area (Å²) in [4.78, 5) is 14.4. The Morgan fingerprint density at radius 2 is 1.93 bits per heavy atom. The Morgan fingerprint density at radius 3 is 2.67 bits per heavy atom. The zero-order valence-electron chi connectivity index (χ0n) is 17.1. The van der Waals surface area contributed by atoms with E-state index in [0.29, 0.717) is 6.04 Å². The number of benzene rings is 2. The van der Waals surface area contributed by atoms with Crippen molar-refractivity contribution in [3.05, 3.63) is 70.3 Å². The van der Waals surface area contributed by atoms with Crippen molar-refractivity contribution in [1.82, 2.24) is 10.2 Å². The van der Waals surface area contributed by atoms with Crippen molar-refractivity contribution in [1.29, 1.82) is 0 Å². The van der Waals surface area contributed by atoms with Gasteiger partial charge in [0.25, 0.3) is 0 Å². The fourth-order valence-electron chi connectivity index (χ4n) is 4.26. The van der Waals surface area contributed by atoms with Crippen molar-refractivity contribution in [3.63, 3.8) is 0 Å². The van der Waals surface area contributed by atoms with Crippen molar-refractivity contribution in [2.45, 2.75) is 65.6 Å². The van der Waals surface area contributed by atoms with Crippen LogP contribution >= 0.6 is 0 Å². The van der Waals surface area contributed by atoms with E-state index in [4.69, 9.17) is 0 Å². The van der Waals surface area contributed by atoms with Crippen molar-refractivity contribution >= 4 is 5.91 Å². The Morgan fingerprint density at radius 1 is 1.15 bits per heavy atom. The molecule has 0 spiro atoms. The third kappa shape index (κ3) is 4.78. The van der Waals surface area contributed by atoms with Gasteiger partial charge in [0.2, 0.25) is 5.91 Å². The van der Waals surface area contributed by atoms with Crippen LogP contribution in [0.25, 0.3) is 0 Å². The van der Waals surface area contributed by atoms with Gasteiger partial charge >= 0.3 is 0 Å². The Bertz CT molecular complexity index is 799. The molecule has 1 amide bonds. The fourth-order valence-corrected chi connectivity index (χ4v) is 4.26. The highest BCUT2D eigenvalue weighted by atomic mass is 16.2. The number of nitrogens with zero attached hydrogens (tertiary/aromatic N) is 1. The Kier molecular flexibility index (Phi) is 6.33. The van der Waals surface area contributed by atoms with Gasteiger partial charge in [0, 0.05) is 26.1 Å². The number of aryl methyl sites for hydroxylation is 2. The van der Waals surface area contributed by atoms with E-state index >= 15 is 0 Å². The predicted octanol–water partition coefficient (Wildman–Crippen LogP) is 4.32. The molecule has 0 unspecified atom stereocenters. The van der Waals surface area contributed by atoms with Gasteiger partial charge in [0.1, 0.15) is 0 Å². The van der Waals surface area contributed by atoms with Gasteiger partial charge in [0.05, 0.1) is 6.04 Å². The molecule has 1 N–H and O–H groups in total. The zero-order chi connectivity index (χ0) is 19.4. The fraction of sp³-hybridized carbons (Fsp3) is 0.458. The van der Waals surface area contributed by atoms with E-state index in [1.807, 2.05) is 0 Å². The number of likely N-dealkylation sites (tertiary alicyclic amines) is 1. The smallest absolute Gasteiger partial charge is 0.219 e. The number of carbonyl (C=O) groups excluding carboxylic acids is 1. The number of piperidine rings is 1. The number of rotatable bonds is 5. The molecule has 0 radical (unpaired) electrons. The topological polar surface area (TPSA) is 32.3 Å². The SMILES string of the molecule is CC(=O)N1CCC[C@H](NCc2cccc(C)c2C)[C@@H]1Cc1cccc(C)c1. The van der Waals surface area contributed by atoms with Gasteiger partial charge < -0.3 is 10.2 Å². The highest BCUT2D eigenvalue weighted by Crippen LogP contribution is 2.23. The highest BCUT2D eigenvalue weighted by molar-refractivity contribution is 5.73. The predicted molar refractivity (Wildman–Crippen MR) is 112 cm³/mol. The first kappa shape index (κ1) is 19.6. The summed E-state index contributed by atoms with van der Waals surface area (Å²) < 4.78 is 0. The summed E-state index contributed by atoms with van der Waals surface area (Å²) in [6.45, 7) is 9.91. The third-order valence-electron chi connectivity index (χ3n) is 5.98. The third-order valence-corrected chi connectivity index (χ3v) is 5.98. The maximum atomic E-state index is 12.3. The Balaban J connectivity index is 1.78. The quantitative estimate of drug-likeness (QED) is 0.857. The van der Waals surface area contributed by atoms with E-state index in [-0.39, 0.29) is 11.9 Å². The molecular weight excluding hydrogens is 332 g/mol. The average Bonchev–Trinajstić information content (AvgIpc) is 2.63. The minimum absolute atomic E-state index is 0.186. The molecule has 1 aliphatic rings.